The van der Waals surface area contributed by atoms with Crippen molar-refractivity contribution < 1.29 is 4.79 Å². The molecule has 7 heteroatoms. The molecule has 3 N–H and O–H groups in total. The maximum Gasteiger partial charge on any atom is 0.238 e. The number of fused-ring (bicyclic) bond motifs is 1. The first-order valence-electron chi connectivity index (χ1n) is 8.85. The smallest absolute Gasteiger partial charge is 0.238 e. The van der Waals surface area contributed by atoms with Crippen LogP contribution in [0.5, 0.6) is 0 Å². The van der Waals surface area contributed by atoms with Gasteiger partial charge < -0.3 is 5.32 Å². The van der Waals surface area contributed by atoms with Crippen LogP contribution in [-0.4, -0.2) is 47.0 Å². The van der Waals surface area contributed by atoms with Crippen LogP contribution in [0.15, 0.2) is 24.3 Å². The van der Waals surface area contributed by atoms with Gasteiger partial charge in [-0.3, -0.25) is 20.5 Å². The lowest BCUT2D eigenvalue weighted by atomic mass is 10.1. The number of hydrogen-bond acceptors (Lipinski definition) is 6. The number of rotatable bonds is 6. The summed E-state index contributed by atoms with van der Waals surface area (Å²) in [6.45, 7) is 8.71. The second-order valence-corrected chi connectivity index (χ2v) is 6.80. The highest BCUT2D eigenvalue weighted by atomic mass is 16.2. The summed E-state index contributed by atoms with van der Waals surface area (Å²) in [6.07, 6.45) is 0.476. The van der Waals surface area contributed by atoms with Crippen molar-refractivity contribution in [3.8, 4) is 0 Å². The Hall–Kier alpha value is -2.25. The molecule has 1 aromatic heterocycles. The Morgan fingerprint density at radius 1 is 1.24 bits per heavy atom. The van der Waals surface area contributed by atoms with E-state index in [1.165, 1.54) is 0 Å². The average Bonchev–Trinajstić information content (AvgIpc) is 2.60. The number of carbonyl (C=O) groups excluding carboxylic acids is 1. The van der Waals surface area contributed by atoms with Gasteiger partial charge in [0, 0.05) is 38.0 Å². The van der Waals surface area contributed by atoms with E-state index in [4.69, 9.17) is 0 Å². The van der Waals surface area contributed by atoms with Crippen molar-refractivity contribution in [3.63, 3.8) is 0 Å². The number of hydrogen-bond donors (Lipinski definition) is 3. The molecule has 3 rings (SSSR count). The predicted octanol–water partition coefficient (Wildman–Crippen LogP) is 1.52. The van der Waals surface area contributed by atoms with E-state index in [1.807, 2.05) is 38.1 Å². The predicted molar refractivity (Wildman–Crippen MR) is 98.9 cm³/mol. The van der Waals surface area contributed by atoms with Gasteiger partial charge in [-0.05, 0) is 18.1 Å². The largest absolute Gasteiger partial charge is 0.314 e. The highest BCUT2D eigenvalue weighted by Crippen LogP contribution is 2.20. The molecule has 134 valence electrons. The Bertz CT molecular complexity index is 727. The summed E-state index contributed by atoms with van der Waals surface area (Å²) in [5.41, 5.74) is 6.62. The minimum Gasteiger partial charge on any atom is -0.314 e. The molecular weight excluding hydrogens is 316 g/mol. The zero-order valence-corrected chi connectivity index (χ0v) is 14.9. The highest BCUT2D eigenvalue weighted by molar-refractivity contribution is 5.90. The summed E-state index contributed by atoms with van der Waals surface area (Å²) < 4.78 is 0. The van der Waals surface area contributed by atoms with Gasteiger partial charge in [0.25, 0.3) is 0 Å². The van der Waals surface area contributed by atoms with Crippen LogP contribution >= 0.6 is 0 Å². The maximum atomic E-state index is 11.9. The first-order valence-corrected chi connectivity index (χ1v) is 8.85. The monoisotopic (exact) mass is 342 g/mol. The molecule has 2 aromatic rings. The lowest BCUT2D eigenvalue weighted by molar-refractivity contribution is -0.121. The molecular formula is C18H26N6O. The van der Waals surface area contributed by atoms with Gasteiger partial charge in [-0.15, -0.1) is 0 Å². The van der Waals surface area contributed by atoms with E-state index in [2.05, 4.69) is 31.0 Å². The third kappa shape index (κ3) is 4.87. The van der Waals surface area contributed by atoms with Gasteiger partial charge in [-0.2, -0.15) is 0 Å². The summed E-state index contributed by atoms with van der Waals surface area (Å²) in [5.74, 6) is 1.68. The van der Waals surface area contributed by atoms with Crippen LogP contribution in [0.3, 0.4) is 0 Å². The first-order chi connectivity index (χ1) is 12.1. The molecule has 1 saturated heterocycles. The van der Waals surface area contributed by atoms with E-state index in [1.54, 1.807) is 0 Å². The second kappa shape index (κ2) is 8.22. The van der Waals surface area contributed by atoms with Crippen LogP contribution in [0.2, 0.25) is 0 Å². The van der Waals surface area contributed by atoms with Crippen LogP contribution < -0.4 is 16.2 Å². The molecule has 0 saturated carbocycles. The lowest BCUT2D eigenvalue weighted by Crippen LogP contribution is -2.43. The van der Waals surface area contributed by atoms with Crippen molar-refractivity contribution in [2.45, 2.75) is 26.8 Å². The Morgan fingerprint density at radius 3 is 2.76 bits per heavy atom. The van der Waals surface area contributed by atoms with Gasteiger partial charge in [0.2, 0.25) is 5.91 Å². The zero-order chi connectivity index (χ0) is 17.6. The molecule has 0 radical (unpaired) electrons. The second-order valence-electron chi connectivity index (χ2n) is 6.80. The molecule has 0 atom stereocenters. The minimum absolute atomic E-state index is 0.0404. The van der Waals surface area contributed by atoms with E-state index in [-0.39, 0.29) is 5.91 Å². The Morgan fingerprint density at radius 2 is 2.00 bits per heavy atom. The number of amides is 1. The highest BCUT2D eigenvalue weighted by Gasteiger charge is 2.14. The van der Waals surface area contributed by atoms with Gasteiger partial charge >= 0.3 is 0 Å². The third-order valence-corrected chi connectivity index (χ3v) is 4.14. The number of benzene rings is 1. The van der Waals surface area contributed by atoms with E-state index in [0.29, 0.717) is 24.7 Å². The van der Waals surface area contributed by atoms with Crippen LogP contribution in [0.1, 0.15) is 26.1 Å². The molecule has 1 aliphatic rings. The summed E-state index contributed by atoms with van der Waals surface area (Å²) >= 11 is 0. The molecule has 1 fully saturated rings. The number of para-hydroxylation sites is 1. The molecule has 0 aliphatic carbocycles. The summed E-state index contributed by atoms with van der Waals surface area (Å²) in [7, 11) is 0. The SMILES string of the molecule is CC(C)CC(=O)NNc1nc(CN2CCNCC2)nc2ccccc12. The summed E-state index contributed by atoms with van der Waals surface area (Å²) in [4.78, 5) is 23.6. The lowest BCUT2D eigenvalue weighted by Gasteiger charge is -2.26. The number of aromatic nitrogens is 2. The number of piperazine rings is 1. The van der Waals surface area contributed by atoms with Crippen molar-refractivity contribution in [3.05, 3.63) is 30.1 Å². The number of nitrogens with zero attached hydrogens (tertiary/aromatic N) is 3. The van der Waals surface area contributed by atoms with E-state index in [9.17, 15) is 4.79 Å². The van der Waals surface area contributed by atoms with Gasteiger partial charge in [0.1, 0.15) is 5.82 Å². The van der Waals surface area contributed by atoms with E-state index in [0.717, 1.165) is 42.9 Å². The van der Waals surface area contributed by atoms with Crippen molar-refractivity contribution >= 4 is 22.6 Å². The molecule has 25 heavy (non-hydrogen) atoms. The number of anilines is 1. The van der Waals surface area contributed by atoms with Crippen molar-refractivity contribution in [2.24, 2.45) is 5.92 Å². The molecule has 2 heterocycles. The van der Waals surface area contributed by atoms with Crippen molar-refractivity contribution in [1.29, 1.82) is 0 Å². The van der Waals surface area contributed by atoms with Gasteiger partial charge in [-0.1, -0.05) is 26.0 Å². The number of hydrazine groups is 1. The van der Waals surface area contributed by atoms with Gasteiger partial charge in [-0.25, -0.2) is 9.97 Å². The van der Waals surface area contributed by atoms with Gasteiger partial charge in [0.05, 0.1) is 12.1 Å². The Labute approximate surface area is 148 Å². The molecule has 1 aromatic carbocycles. The normalized spacial score (nSPS) is 15.5. The first kappa shape index (κ1) is 17.6. The quantitative estimate of drug-likeness (QED) is 0.691. The fourth-order valence-corrected chi connectivity index (χ4v) is 2.91. The van der Waals surface area contributed by atoms with E-state index >= 15 is 0 Å². The Balaban J connectivity index is 1.78. The summed E-state index contributed by atoms with van der Waals surface area (Å²) in [6, 6.07) is 7.84. The molecule has 7 nitrogen and oxygen atoms in total. The average molecular weight is 342 g/mol. The molecule has 0 spiro atoms. The fourth-order valence-electron chi connectivity index (χ4n) is 2.91. The minimum atomic E-state index is -0.0404. The van der Waals surface area contributed by atoms with Crippen LogP contribution in [0.25, 0.3) is 10.9 Å². The van der Waals surface area contributed by atoms with Crippen LogP contribution in [0, 0.1) is 5.92 Å². The number of nitrogens with one attached hydrogen (secondary N) is 3. The van der Waals surface area contributed by atoms with Crippen LogP contribution in [-0.2, 0) is 11.3 Å². The van der Waals surface area contributed by atoms with Crippen molar-refractivity contribution in [2.75, 3.05) is 31.6 Å². The maximum absolute atomic E-state index is 11.9. The third-order valence-electron chi connectivity index (χ3n) is 4.14. The molecule has 1 amide bonds. The standard InChI is InChI=1S/C18H26N6O/c1-13(2)11-17(25)22-23-18-14-5-3-4-6-15(14)20-16(21-18)12-24-9-7-19-8-10-24/h3-6,13,19H,7-12H2,1-2H3,(H,22,25)(H,20,21,23). The molecule has 0 unspecified atom stereocenters. The fraction of sp³-hybridized carbons (Fsp3) is 0.500. The van der Waals surface area contributed by atoms with Gasteiger partial charge in [0.15, 0.2) is 5.82 Å². The van der Waals surface area contributed by atoms with E-state index < -0.39 is 0 Å². The van der Waals surface area contributed by atoms with Crippen molar-refractivity contribution in [1.82, 2.24) is 25.6 Å². The summed E-state index contributed by atoms with van der Waals surface area (Å²) in [5, 5.41) is 4.25. The topological polar surface area (TPSA) is 82.2 Å². The molecule has 0 bridgehead atoms. The Kier molecular flexibility index (Phi) is 5.78. The van der Waals surface area contributed by atoms with Crippen LogP contribution in [0.4, 0.5) is 5.82 Å². The number of carbonyl (C=O) groups is 1. The zero-order valence-electron chi connectivity index (χ0n) is 14.9. The molecule has 1 aliphatic heterocycles.